The number of pyridine rings is 4. The van der Waals surface area contributed by atoms with Gasteiger partial charge in [0.15, 0.2) is 5.82 Å². The number of hydrogen-bond acceptors (Lipinski definition) is 16. The third-order valence-electron chi connectivity index (χ3n) is 6.53. The minimum atomic E-state index is -0.585. The highest BCUT2D eigenvalue weighted by Crippen LogP contribution is 2.33. The van der Waals surface area contributed by atoms with E-state index in [4.69, 9.17) is 11.5 Å². The Kier molecular flexibility index (Phi) is 12.1. The van der Waals surface area contributed by atoms with Gasteiger partial charge in [0, 0.05) is 48.3 Å². The Morgan fingerprint density at radius 1 is 0.765 bits per heavy atom. The van der Waals surface area contributed by atoms with Gasteiger partial charge in [0.25, 0.3) is 0 Å². The molecule has 6 aromatic heterocycles. The van der Waals surface area contributed by atoms with Gasteiger partial charge in [0.1, 0.15) is 4.60 Å². The molecular weight excluding hydrogens is 736 g/mol. The van der Waals surface area contributed by atoms with Crippen LogP contribution in [-0.4, -0.2) is 75.9 Å². The molecule has 0 unspecified atom stereocenters. The normalized spacial score (nSPS) is 10.1. The zero-order valence-corrected chi connectivity index (χ0v) is 28.0. The summed E-state index contributed by atoms with van der Waals surface area (Å²) in [5, 5.41) is 32.5. The van der Waals surface area contributed by atoms with Crippen LogP contribution >= 0.6 is 15.9 Å². The molecule has 0 saturated carbocycles. The fourth-order valence-electron chi connectivity index (χ4n) is 4.15. The Hall–Kier alpha value is -7.16. The standard InChI is InChI=1S/C15H12N6O4.C8H7N5O2.C7H6BrNO2/c1-25-15(22)9-2-3-12(18-6-9)20-8-10(7-19-20)11-4-5-17-14(16)13(11)21(23)24;9-8-7(13(14)15)6(1-2-10-8)5-3-11-12-4-5;1-11-7(10)5-2-3-6(8)9-4-5/h2-8H,1H3,(H2,16,17);1-4H,(H2,9,10)(H,11,12);2-4H,1H3. The largest absolute Gasteiger partial charge is 0.465 e. The maximum atomic E-state index is 11.4. The highest BCUT2D eigenvalue weighted by molar-refractivity contribution is 9.10. The zero-order valence-electron chi connectivity index (χ0n) is 26.4. The van der Waals surface area contributed by atoms with E-state index >= 15 is 0 Å². The highest BCUT2D eigenvalue weighted by Gasteiger charge is 2.22. The van der Waals surface area contributed by atoms with Crippen molar-refractivity contribution in [2.45, 2.75) is 0 Å². The molecule has 0 aromatic carbocycles. The third-order valence-corrected chi connectivity index (χ3v) is 6.99. The van der Waals surface area contributed by atoms with Crippen molar-refractivity contribution in [3.05, 3.63) is 122 Å². The van der Waals surface area contributed by atoms with E-state index in [9.17, 15) is 29.8 Å². The van der Waals surface area contributed by atoms with E-state index in [1.807, 2.05) is 0 Å². The van der Waals surface area contributed by atoms with E-state index in [0.717, 1.165) is 0 Å². The van der Waals surface area contributed by atoms with Crippen molar-refractivity contribution in [2.75, 3.05) is 25.7 Å². The predicted molar refractivity (Wildman–Crippen MR) is 183 cm³/mol. The number of ether oxygens (including phenoxy) is 2. The van der Waals surface area contributed by atoms with Crippen molar-refractivity contribution in [3.63, 3.8) is 0 Å². The van der Waals surface area contributed by atoms with Crippen LogP contribution in [0.5, 0.6) is 0 Å². The lowest BCUT2D eigenvalue weighted by Crippen LogP contribution is -2.04. The summed E-state index contributed by atoms with van der Waals surface area (Å²) < 4.78 is 11.2. The van der Waals surface area contributed by atoms with Crippen molar-refractivity contribution in [3.8, 4) is 28.1 Å². The van der Waals surface area contributed by atoms with Crippen molar-refractivity contribution < 1.29 is 28.9 Å². The van der Waals surface area contributed by atoms with Gasteiger partial charge in [-0.25, -0.2) is 34.2 Å². The van der Waals surface area contributed by atoms with Crippen LogP contribution in [0.3, 0.4) is 0 Å². The molecule has 0 amide bonds. The lowest BCUT2D eigenvalue weighted by Gasteiger charge is -2.03. The Balaban J connectivity index is 0.000000190. The van der Waals surface area contributed by atoms with Crippen molar-refractivity contribution in [1.82, 2.24) is 39.9 Å². The SMILES string of the molecule is COC(=O)c1ccc(-n2cc(-c3ccnc(N)c3[N+](=O)[O-])cn2)nc1.COC(=O)c1ccc(Br)nc1.Nc1nccc(-c2cn[nH]c2)c1[N+](=O)[O-]. The monoisotopic (exact) mass is 760 g/mol. The molecule has 0 aliphatic rings. The number of carbonyl (C=O) groups is 2. The fourth-order valence-corrected chi connectivity index (χ4v) is 4.38. The number of nitrogens with zero attached hydrogens (tertiary/aromatic N) is 9. The number of nitrogen functional groups attached to an aromatic ring is 2. The number of nitro groups is 2. The van der Waals surface area contributed by atoms with Crippen LogP contribution < -0.4 is 11.5 Å². The lowest BCUT2D eigenvalue weighted by atomic mass is 10.1. The molecule has 0 radical (unpaired) electrons. The smallest absolute Gasteiger partial charge is 0.339 e. The van der Waals surface area contributed by atoms with Gasteiger partial charge in [-0.2, -0.15) is 10.2 Å². The van der Waals surface area contributed by atoms with E-state index in [2.05, 4.69) is 60.6 Å². The van der Waals surface area contributed by atoms with Crippen LogP contribution in [-0.2, 0) is 9.47 Å². The predicted octanol–water partition coefficient (Wildman–Crippen LogP) is 4.20. The summed E-state index contributed by atoms with van der Waals surface area (Å²) in [5.41, 5.74) is 13.1. The van der Waals surface area contributed by atoms with E-state index < -0.39 is 15.8 Å². The number of H-pyrrole nitrogens is 1. The molecule has 0 atom stereocenters. The molecule has 21 heteroatoms. The number of rotatable bonds is 7. The second-order valence-electron chi connectivity index (χ2n) is 9.62. The summed E-state index contributed by atoms with van der Waals surface area (Å²) in [6.45, 7) is 0. The number of esters is 2. The molecule has 6 heterocycles. The van der Waals surface area contributed by atoms with E-state index in [-0.39, 0.29) is 29.0 Å². The Labute approximate surface area is 294 Å². The first kappa shape index (κ1) is 36.7. The molecule has 6 rings (SSSR count). The van der Waals surface area contributed by atoms with Gasteiger partial charge in [-0.3, -0.25) is 25.3 Å². The summed E-state index contributed by atoms with van der Waals surface area (Å²) in [6.07, 6.45) is 11.7. The average Bonchev–Trinajstić information content (AvgIpc) is 3.85. The molecule has 0 aliphatic carbocycles. The molecule has 0 saturated heterocycles. The maximum Gasteiger partial charge on any atom is 0.339 e. The summed E-state index contributed by atoms with van der Waals surface area (Å²) in [5.74, 6) is -0.703. The molecule has 0 spiro atoms. The topological polar surface area (TPSA) is 289 Å². The first-order valence-corrected chi connectivity index (χ1v) is 14.8. The van der Waals surface area contributed by atoms with Crippen molar-refractivity contribution in [1.29, 1.82) is 0 Å². The van der Waals surface area contributed by atoms with Gasteiger partial charge < -0.3 is 20.9 Å². The van der Waals surface area contributed by atoms with Gasteiger partial charge in [-0.05, 0) is 52.3 Å². The molecule has 51 heavy (non-hydrogen) atoms. The van der Waals surface area contributed by atoms with Crippen LogP contribution in [0.1, 0.15) is 20.7 Å². The molecule has 260 valence electrons. The molecule has 0 fully saturated rings. The van der Waals surface area contributed by atoms with E-state index in [0.29, 0.717) is 43.8 Å². The average molecular weight is 762 g/mol. The first-order valence-electron chi connectivity index (χ1n) is 14.0. The van der Waals surface area contributed by atoms with Crippen molar-refractivity contribution in [2.24, 2.45) is 0 Å². The van der Waals surface area contributed by atoms with E-state index in [1.54, 1.807) is 36.7 Å². The lowest BCUT2D eigenvalue weighted by molar-refractivity contribution is -0.383. The first-order chi connectivity index (χ1) is 24.4. The molecule has 0 bridgehead atoms. The van der Waals surface area contributed by atoms with Crippen LogP contribution in [0, 0.1) is 20.2 Å². The van der Waals surface area contributed by atoms with Gasteiger partial charge in [0.2, 0.25) is 11.6 Å². The molecular formula is C30H25BrN12O8. The number of aromatic nitrogens is 8. The Morgan fingerprint density at radius 3 is 1.76 bits per heavy atom. The number of aromatic amines is 1. The number of anilines is 2. The van der Waals surface area contributed by atoms with Gasteiger partial charge in [-0.1, -0.05) is 0 Å². The summed E-state index contributed by atoms with van der Waals surface area (Å²) in [6, 6.07) is 9.47. The number of hydrogen-bond donors (Lipinski definition) is 3. The van der Waals surface area contributed by atoms with Crippen LogP contribution in [0.2, 0.25) is 0 Å². The highest BCUT2D eigenvalue weighted by atomic mass is 79.9. The zero-order chi connectivity index (χ0) is 37.1. The van der Waals surface area contributed by atoms with Crippen LogP contribution in [0.15, 0.2) is 90.6 Å². The van der Waals surface area contributed by atoms with Gasteiger partial charge in [-0.15, -0.1) is 0 Å². The second-order valence-corrected chi connectivity index (χ2v) is 10.4. The van der Waals surface area contributed by atoms with Crippen LogP contribution in [0.25, 0.3) is 28.1 Å². The summed E-state index contributed by atoms with van der Waals surface area (Å²) in [7, 11) is 2.62. The van der Waals surface area contributed by atoms with Crippen molar-refractivity contribution >= 4 is 50.9 Å². The minimum Gasteiger partial charge on any atom is -0.465 e. The van der Waals surface area contributed by atoms with E-state index in [1.165, 1.54) is 68.2 Å². The number of nitrogens with one attached hydrogen (secondary N) is 1. The Bertz CT molecular complexity index is 2160. The number of nitrogens with two attached hydrogens (primary N) is 2. The molecule has 5 N–H and O–H groups in total. The summed E-state index contributed by atoms with van der Waals surface area (Å²) >= 11 is 3.15. The summed E-state index contributed by atoms with van der Waals surface area (Å²) in [4.78, 5) is 58.6. The minimum absolute atomic E-state index is 0.0984. The quantitative estimate of drug-likeness (QED) is 0.0889. The van der Waals surface area contributed by atoms with Gasteiger partial charge in [0.05, 0.1) is 58.7 Å². The van der Waals surface area contributed by atoms with Crippen LogP contribution in [0.4, 0.5) is 23.0 Å². The third kappa shape index (κ3) is 9.05. The maximum absolute atomic E-state index is 11.4. The molecule has 20 nitrogen and oxygen atoms in total. The van der Waals surface area contributed by atoms with Gasteiger partial charge >= 0.3 is 23.3 Å². The second kappa shape index (κ2) is 16.8. The number of halogens is 1. The number of methoxy groups -OCH3 is 2. The molecule has 0 aliphatic heterocycles. The number of carbonyl (C=O) groups excluding carboxylic acids is 2. The molecule has 6 aromatic rings. The fraction of sp³-hybridized carbons (Fsp3) is 0.0667. The Morgan fingerprint density at radius 2 is 1.31 bits per heavy atom.